The average molecular weight is 388 g/mol. The zero-order valence-electron chi connectivity index (χ0n) is 14.3. The molecule has 1 aliphatic rings. The Morgan fingerprint density at radius 3 is 2.73 bits per heavy atom. The number of benzene rings is 1. The molecular weight excluding hydrogens is 370 g/mol. The van der Waals surface area contributed by atoms with Crippen LogP contribution in [0.15, 0.2) is 53.7 Å². The van der Waals surface area contributed by atoms with E-state index < -0.39 is 0 Å². The van der Waals surface area contributed by atoms with E-state index in [4.69, 9.17) is 11.6 Å². The Morgan fingerprint density at radius 2 is 2.12 bits per heavy atom. The first-order chi connectivity index (χ1) is 12.4. The highest BCUT2D eigenvalue weighted by atomic mass is 35.5. The number of thiazole rings is 1. The molecule has 3 rings (SSSR count). The van der Waals surface area contributed by atoms with E-state index in [1.165, 1.54) is 11.3 Å². The van der Waals surface area contributed by atoms with Gasteiger partial charge in [-0.15, -0.1) is 0 Å². The van der Waals surface area contributed by atoms with Crippen molar-refractivity contribution >= 4 is 50.1 Å². The summed E-state index contributed by atoms with van der Waals surface area (Å²) in [7, 11) is 0. The monoisotopic (exact) mass is 387 g/mol. The maximum absolute atomic E-state index is 12.5. The molecule has 0 spiro atoms. The molecule has 7 heteroatoms. The normalized spacial score (nSPS) is 14.5. The quantitative estimate of drug-likeness (QED) is 0.712. The van der Waals surface area contributed by atoms with Crippen LogP contribution in [0.2, 0.25) is 0 Å². The van der Waals surface area contributed by atoms with Gasteiger partial charge in [0.05, 0.1) is 20.9 Å². The molecule has 0 saturated heterocycles. The number of hydrogen-bond acceptors (Lipinski definition) is 4. The van der Waals surface area contributed by atoms with Gasteiger partial charge >= 0.3 is 0 Å². The van der Waals surface area contributed by atoms with Gasteiger partial charge in [-0.1, -0.05) is 42.2 Å². The molecule has 134 valence electrons. The van der Waals surface area contributed by atoms with Crippen LogP contribution in [0.1, 0.15) is 30.1 Å². The largest absolute Gasteiger partial charge is 0.320 e. The summed E-state index contributed by atoms with van der Waals surface area (Å²) in [6.45, 7) is 9.14. The van der Waals surface area contributed by atoms with Crippen molar-refractivity contribution in [1.82, 2.24) is 10.3 Å². The fraction of sp³-hybridized carbons (Fsp3) is 0.211. The van der Waals surface area contributed by atoms with Crippen LogP contribution >= 0.6 is 22.9 Å². The summed E-state index contributed by atoms with van der Waals surface area (Å²) < 4.78 is 0.819. The topological polar surface area (TPSA) is 71.1 Å². The number of carbonyl (C=O) groups excluding carboxylic acids is 2. The number of aromatic nitrogens is 1. The molecule has 0 unspecified atom stereocenters. The lowest BCUT2D eigenvalue weighted by Gasteiger charge is -2.10. The highest BCUT2D eigenvalue weighted by molar-refractivity contribution is 7.22. The van der Waals surface area contributed by atoms with Crippen molar-refractivity contribution in [1.29, 1.82) is 0 Å². The smallest absolute Gasteiger partial charge is 0.255 e. The van der Waals surface area contributed by atoms with Gasteiger partial charge in [-0.25, -0.2) is 4.98 Å². The second kappa shape index (κ2) is 7.43. The maximum atomic E-state index is 12.5. The lowest BCUT2D eigenvalue weighted by Crippen LogP contribution is -2.23. The van der Waals surface area contributed by atoms with Crippen LogP contribution in [0.3, 0.4) is 0 Å². The summed E-state index contributed by atoms with van der Waals surface area (Å²) in [5.41, 5.74) is 2.36. The van der Waals surface area contributed by atoms with Crippen LogP contribution in [-0.2, 0) is 4.79 Å². The number of nitrogens with one attached hydrogen (secondary N) is 2. The van der Waals surface area contributed by atoms with Crippen molar-refractivity contribution in [2.45, 2.75) is 19.8 Å². The zero-order valence-corrected chi connectivity index (χ0v) is 15.8. The standard InChI is InChI=1S/C19H18ClN3O2S/c1-4-10(2)16(11(3)20)22-18(25)13-7-8-14-15(9-13)26-19(21-14)23-17(24)12-5-6-12/h4,7-9,12H,1,3,5-6H2,2H3,(H,22,25)(H,21,23,24)/b16-10+. The van der Waals surface area contributed by atoms with E-state index in [9.17, 15) is 9.59 Å². The third-order valence-electron chi connectivity index (χ3n) is 4.04. The summed E-state index contributed by atoms with van der Waals surface area (Å²) in [5, 5.41) is 6.38. The Balaban J connectivity index is 1.81. The van der Waals surface area contributed by atoms with Crippen molar-refractivity contribution < 1.29 is 9.59 Å². The molecule has 1 aromatic heterocycles. The SMILES string of the molecule is C=C/C(C)=C(/NC(=O)c1ccc2nc(NC(=O)C3CC3)sc2c1)C(=C)Cl. The molecule has 1 fully saturated rings. The Morgan fingerprint density at radius 1 is 1.38 bits per heavy atom. The van der Waals surface area contributed by atoms with Crippen LogP contribution in [0.25, 0.3) is 10.2 Å². The Bertz CT molecular complexity index is 957. The molecule has 1 heterocycles. The summed E-state index contributed by atoms with van der Waals surface area (Å²) in [6.07, 6.45) is 3.48. The molecule has 2 amide bonds. The lowest BCUT2D eigenvalue weighted by molar-refractivity contribution is -0.117. The minimum atomic E-state index is -0.304. The molecule has 1 aromatic carbocycles. The molecule has 0 atom stereocenters. The summed E-state index contributed by atoms with van der Waals surface area (Å²) in [4.78, 5) is 28.8. The number of halogens is 1. The van der Waals surface area contributed by atoms with E-state index in [0.29, 0.717) is 16.4 Å². The van der Waals surface area contributed by atoms with Crippen LogP contribution < -0.4 is 10.6 Å². The molecule has 1 saturated carbocycles. The minimum Gasteiger partial charge on any atom is -0.320 e. The van der Waals surface area contributed by atoms with Gasteiger partial charge in [0.25, 0.3) is 5.91 Å². The van der Waals surface area contributed by atoms with Gasteiger partial charge < -0.3 is 10.6 Å². The zero-order chi connectivity index (χ0) is 18.8. The second-order valence-electron chi connectivity index (χ2n) is 6.09. The van der Waals surface area contributed by atoms with E-state index in [2.05, 4.69) is 28.8 Å². The number of anilines is 1. The van der Waals surface area contributed by atoms with Crippen molar-refractivity contribution in [3.05, 3.63) is 59.3 Å². The third-order valence-corrected chi connectivity index (χ3v) is 5.16. The van der Waals surface area contributed by atoms with Crippen molar-refractivity contribution in [2.24, 2.45) is 5.92 Å². The summed E-state index contributed by atoms with van der Waals surface area (Å²) >= 11 is 7.31. The molecule has 0 radical (unpaired) electrons. The van der Waals surface area contributed by atoms with E-state index in [1.54, 1.807) is 31.2 Å². The Labute approximate surface area is 160 Å². The number of allylic oxidation sites excluding steroid dienone is 3. The van der Waals surface area contributed by atoms with Crippen molar-refractivity contribution in [3.63, 3.8) is 0 Å². The minimum absolute atomic E-state index is 0.0114. The predicted octanol–water partition coefficient (Wildman–Crippen LogP) is 4.59. The van der Waals surface area contributed by atoms with Crippen LogP contribution in [0, 0.1) is 5.92 Å². The van der Waals surface area contributed by atoms with Crippen LogP contribution in [0.5, 0.6) is 0 Å². The van der Waals surface area contributed by atoms with Gasteiger partial charge in [0.2, 0.25) is 5.91 Å². The van der Waals surface area contributed by atoms with Crippen LogP contribution in [-0.4, -0.2) is 16.8 Å². The van der Waals surface area contributed by atoms with E-state index in [0.717, 1.165) is 28.6 Å². The molecule has 0 bridgehead atoms. The van der Waals surface area contributed by atoms with Gasteiger partial charge in [0, 0.05) is 11.5 Å². The van der Waals surface area contributed by atoms with E-state index in [1.807, 2.05) is 0 Å². The maximum Gasteiger partial charge on any atom is 0.255 e. The van der Waals surface area contributed by atoms with Gasteiger partial charge in [-0.2, -0.15) is 0 Å². The van der Waals surface area contributed by atoms with Crippen molar-refractivity contribution in [2.75, 3.05) is 5.32 Å². The molecule has 26 heavy (non-hydrogen) atoms. The van der Waals surface area contributed by atoms with E-state index in [-0.39, 0.29) is 22.8 Å². The highest BCUT2D eigenvalue weighted by Crippen LogP contribution is 2.32. The van der Waals surface area contributed by atoms with Gasteiger partial charge in [-0.05, 0) is 43.5 Å². The first-order valence-corrected chi connectivity index (χ1v) is 9.29. The fourth-order valence-electron chi connectivity index (χ4n) is 2.34. The Kier molecular flexibility index (Phi) is 5.25. The number of amides is 2. The van der Waals surface area contributed by atoms with Crippen LogP contribution in [0.4, 0.5) is 5.13 Å². The molecule has 1 aliphatic carbocycles. The number of carbonyl (C=O) groups is 2. The van der Waals surface area contributed by atoms with Gasteiger partial charge in [0.1, 0.15) is 0 Å². The number of nitrogens with zero attached hydrogens (tertiary/aromatic N) is 1. The summed E-state index contributed by atoms with van der Waals surface area (Å²) in [5.74, 6) is -0.176. The molecule has 2 N–H and O–H groups in total. The number of fused-ring (bicyclic) bond motifs is 1. The highest BCUT2D eigenvalue weighted by Gasteiger charge is 2.30. The first-order valence-electron chi connectivity index (χ1n) is 8.10. The number of hydrogen-bond donors (Lipinski definition) is 2. The van der Waals surface area contributed by atoms with Gasteiger partial charge in [-0.3, -0.25) is 9.59 Å². The molecule has 5 nitrogen and oxygen atoms in total. The Hall–Kier alpha value is -2.44. The fourth-order valence-corrected chi connectivity index (χ4v) is 3.44. The first kappa shape index (κ1) is 18.4. The third kappa shape index (κ3) is 4.03. The summed E-state index contributed by atoms with van der Waals surface area (Å²) in [6, 6.07) is 5.18. The average Bonchev–Trinajstić information content (AvgIpc) is 3.38. The van der Waals surface area contributed by atoms with E-state index >= 15 is 0 Å². The van der Waals surface area contributed by atoms with Gasteiger partial charge in [0.15, 0.2) is 5.13 Å². The van der Waals surface area contributed by atoms with Crippen molar-refractivity contribution in [3.8, 4) is 0 Å². The molecular formula is C19H18ClN3O2S. The molecule has 0 aliphatic heterocycles. The lowest BCUT2D eigenvalue weighted by atomic mass is 10.1. The second-order valence-corrected chi connectivity index (χ2v) is 7.57. The molecule has 2 aromatic rings. The number of rotatable bonds is 6. The predicted molar refractivity (Wildman–Crippen MR) is 106 cm³/mol.